The molecule has 1 aromatic heterocycles. The number of amides is 4. The molecule has 1 aliphatic rings. The number of urea groups is 1. The predicted octanol–water partition coefficient (Wildman–Crippen LogP) is 4.40. The van der Waals surface area contributed by atoms with Gasteiger partial charge in [-0.1, -0.05) is 48.5 Å². The van der Waals surface area contributed by atoms with E-state index in [1.165, 1.54) is 0 Å². The maximum atomic E-state index is 13.0. The molecule has 8 nitrogen and oxygen atoms in total. The largest absolute Gasteiger partial charge is 0.342 e. The maximum absolute atomic E-state index is 13.0. The molecule has 4 amide bonds. The first-order chi connectivity index (χ1) is 17.9. The Morgan fingerprint density at radius 2 is 1.84 bits per heavy atom. The predicted molar refractivity (Wildman–Crippen MR) is 140 cm³/mol. The van der Waals surface area contributed by atoms with E-state index in [-0.39, 0.29) is 5.70 Å². The lowest BCUT2D eigenvalue weighted by Crippen LogP contribution is -2.38. The number of carbonyl (C=O) groups is 3. The van der Waals surface area contributed by atoms with Crippen LogP contribution in [0.25, 0.3) is 17.0 Å². The van der Waals surface area contributed by atoms with Crippen molar-refractivity contribution in [3.05, 3.63) is 107 Å². The lowest BCUT2D eigenvalue weighted by molar-refractivity contribution is -0.127. The van der Waals surface area contributed by atoms with E-state index in [0.717, 1.165) is 32.5 Å². The fourth-order valence-corrected chi connectivity index (χ4v) is 4.41. The zero-order valence-corrected chi connectivity index (χ0v) is 20.1. The molecule has 0 spiro atoms. The minimum Gasteiger partial charge on any atom is -0.342 e. The third kappa shape index (κ3) is 4.83. The van der Waals surface area contributed by atoms with Crippen molar-refractivity contribution < 1.29 is 14.4 Å². The van der Waals surface area contributed by atoms with Gasteiger partial charge >= 0.3 is 6.03 Å². The Morgan fingerprint density at radius 3 is 2.65 bits per heavy atom. The number of aryl methyl sites for hydroxylation is 1. The van der Waals surface area contributed by atoms with Crippen LogP contribution < -0.4 is 10.6 Å². The summed E-state index contributed by atoms with van der Waals surface area (Å²) in [6.07, 6.45) is 3.51. The van der Waals surface area contributed by atoms with E-state index in [1.807, 2.05) is 72.3 Å². The summed E-state index contributed by atoms with van der Waals surface area (Å²) in [5, 5.41) is 15.7. The van der Waals surface area contributed by atoms with Gasteiger partial charge in [-0.05, 0) is 48.4 Å². The molecule has 2 N–H and O–H groups in total. The molecule has 0 bridgehead atoms. The van der Waals surface area contributed by atoms with Gasteiger partial charge < -0.3 is 15.2 Å². The van der Waals surface area contributed by atoms with E-state index in [1.54, 1.807) is 24.3 Å². The minimum atomic E-state index is -0.651. The highest BCUT2D eigenvalue weighted by atomic mass is 16.2. The second kappa shape index (κ2) is 9.84. The quantitative estimate of drug-likeness (QED) is 0.309. The third-order valence-corrected chi connectivity index (χ3v) is 6.16. The summed E-state index contributed by atoms with van der Waals surface area (Å²) in [5.41, 5.74) is 4.80. The molecule has 37 heavy (non-hydrogen) atoms. The van der Waals surface area contributed by atoms with Crippen LogP contribution >= 0.6 is 0 Å². The van der Waals surface area contributed by atoms with Gasteiger partial charge in [-0.25, -0.2) is 9.69 Å². The minimum absolute atomic E-state index is 0.0914. The van der Waals surface area contributed by atoms with Gasteiger partial charge in [0.25, 0.3) is 5.91 Å². The number of para-hydroxylation sites is 1. The molecule has 1 fully saturated rings. The van der Waals surface area contributed by atoms with Crippen LogP contribution in [-0.4, -0.2) is 33.9 Å². The Morgan fingerprint density at radius 1 is 1.05 bits per heavy atom. The standard InChI is InChI=1S/C29H23N5O3/c1-19-7-6-10-23(13-19)31-27(35)18-34-28(36)25(32-29(34)37)14-22-17-33(26-12-5-4-11-24(22)26)16-21-9-3-2-8-20(21)15-30/h2-14,17H,16,18H2,1H3,(H,31,35)(H,32,37)/b25-14+. The molecule has 4 aromatic rings. The van der Waals surface area contributed by atoms with Gasteiger partial charge in [-0.15, -0.1) is 0 Å². The molecule has 3 aromatic carbocycles. The highest BCUT2D eigenvalue weighted by molar-refractivity contribution is 6.16. The lowest BCUT2D eigenvalue weighted by Gasteiger charge is -2.12. The number of anilines is 1. The molecule has 0 saturated carbocycles. The second-order valence-corrected chi connectivity index (χ2v) is 8.80. The Bertz CT molecular complexity index is 1630. The lowest BCUT2D eigenvalue weighted by atomic mass is 10.1. The van der Waals surface area contributed by atoms with Crippen LogP contribution in [-0.2, 0) is 16.1 Å². The van der Waals surface area contributed by atoms with Crippen LogP contribution in [0.4, 0.5) is 10.5 Å². The molecule has 1 aliphatic heterocycles. The molecule has 0 radical (unpaired) electrons. The number of hydrogen-bond acceptors (Lipinski definition) is 4. The number of fused-ring (bicyclic) bond motifs is 1. The van der Waals surface area contributed by atoms with Crippen molar-refractivity contribution in [2.24, 2.45) is 0 Å². The van der Waals surface area contributed by atoms with E-state index >= 15 is 0 Å². The highest BCUT2D eigenvalue weighted by Gasteiger charge is 2.35. The number of aromatic nitrogens is 1. The van der Waals surface area contributed by atoms with Crippen LogP contribution in [0.2, 0.25) is 0 Å². The number of nitriles is 1. The van der Waals surface area contributed by atoms with E-state index in [9.17, 15) is 19.6 Å². The molecule has 1 saturated heterocycles. The summed E-state index contributed by atoms with van der Waals surface area (Å²) in [4.78, 5) is 39.0. The van der Waals surface area contributed by atoms with Crippen LogP contribution in [0.1, 0.15) is 22.3 Å². The summed E-state index contributed by atoms with van der Waals surface area (Å²) in [5.74, 6) is -1.04. The Kier molecular flexibility index (Phi) is 6.27. The third-order valence-electron chi connectivity index (χ3n) is 6.16. The number of nitrogens with one attached hydrogen (secondary N) is 2. The van der Waals surface area contributed by atoms with E-state index in [4.69, 9.17) is 0 Å². The zero-order chi connectivity index (χ0) is 25.9. The van der Waals surface area contributed by atoms with Crippen LogP contribution in [0.3, 0.4) is 0 Å². The van der Waals surface area contributed by atoms with Crippen molar-refractivity contribution in [3.8, 4) is 6.07 Å². The van der Waals surface area contributed by atoms with E-state index in [2.05, 4.69) is 16.7 Å². The van der Waals surface area contributed by atoms with Crippen LogP contribution in [0, 0.1) is 18.3 Å². The van der Waals surface area contributed by atoms with Crippen molar-refractivity contribution >= 4 is 40.5 Å². The topological polar surface area (TPSA) is 107 Å². The summed E-state index contributed by atoms with van der Waals surface area (Å²) in [7, 11) is 0. The van der Waals surface area contributed by atoms with Gasteiger partial charge in [0.1, 0.15) is 12.2 Å². The molecular weight excluding hydrogens is 466 g/mol. The number of rotatable bonds is 6. The zero-order valence-electron chi connectivity index (χ0n) is 20.1. The van der Waals surface area contributed by atoms with Gasteiger partial charge in [0.05, 0.1) is 11.6 Å². The van der Waals surface area contributed by atoms with Crippen molar-refractivity contribution in [2.75, 3.05) is 11.9 Å². The maximum Gasteiger partial charge on any atom is 0.329 e. The second-order valence-electron chi connectivity index (χ2n) is 8.80. The van der Waals surface area contributed by atoms with Gasteiger partial charge in [-0.2, -0.15) is 5.26 Å². The normalized spacial score (nSPS) is 14.2. The van der Waals surface area contributed by atoms with Crippen LogP contribution in [0.5, 0.6) is 0 Å². The summed E-state index contributed by atoms with van der Waals surface area (Å²) in [6, 6.07) is 24.0. The summed E-state index contributed by atoms with van der Waals surface area (Å²) < 4.78 is 2.01. The van der Waals surface area contributed by atoms with Crippen LogP contribution in [0.15, 0.2) is 84.7 Å². The monoisotopic (exact) mass is 489 g/mol. The first-order valence-electron chi connectivity index (χ1n) is 11.7. The average Bonchev–Trinajstić information content (AvgIpc) is 3.36. The molecular formula is C29H23N5O3. The smallest absolute Gasteiger partial charge is 0.329 e. The molecule has 0 aliphatic carbocycles. The first kappa shape index (κ1) is 23.6. The van der Waals surface area contributed by atoms with Gasteiger partial charge in [0, 0.05) is 34.9 Å². The number of carbonyl (C=O) groups excluding carboxylic acids is 3. The van der Waals surface area contributed by atoms with Crippen molar-refractivity contribution in [1.29, 1.82) is 5.26 Å². The molecule has 2 heterocycles. The van der Waals surface area contributed by atoms with Gasteiger partial charge in [-0.3, -0.25) is 9.59 Å². The fraction of sp³-hybridized carbons (Fsp3) is 0.103. The fourth-order valence-electron chi connectivity index (χ4n) is 4.41. The average molecular weight is 490 g/mol. The SMILES string of the molecule is Cc1cccc(NC(=O)CN2C(=O)N/C(=C/c3cn(Cc4ccccc4C#N)c4ccccc34)C2=O)c1. The van der Waals surface area contributed by atoms with Crippen molar-refractivity contribution in [2.45, 2.75) is 13.5 Å². The van der Waals surface area contributed by atoms with Crippen molar-refractivity contribution in [1.82, 2.24) is 14.8 Å². The summed E-state index contributed by atoms with van der Waals surface area (Å²) >= 11 is 0. The first-order valence-corrected chi connectivity index (χ1v) is 11.7. The van der Waals surface area contributed by atoms with Gasteiger partial charge in [0.2, 0.25) is 5.91 Å². The number of hydrogen-bond donors (Lipinski definition) is 2. The number of nitrogens with zero attached hydrogens (tertiary/aromatic N) is 3. The highest BCUT2D eigenvalue weighted by Crippen LogP contribution is 2.26. The Balaban J connectivity index is 1.39. The Hall–Kier alpha value is -5.16. The van der Waals surface area contributed by atoms with Crippen molar-refractivity contribution in [3.63, 3.8) is 0 Å². The molecule has 5 rings (SSSR count). The molecule has 8 heteroatoms. The Labute approximate surface area is 213 Å². The molecule has 182 valence electrons. The number of imide groups is 1. The van der Waals surface area contributed by atoms with E-state index < -0.39 is 24.4 Å². The van der Waals surface area contributed by atoms with Gasteiger partial charge in [0.15, 0.2) is 0 Å². The molecule has 0 unspecified atom stereocenters. The summed E-state index contributed by atoms with van der Waals surface area (Å²) in [6.45, 7) is 1.98. The molecule has 0 atom stereocenters. The number of benzene rings is 3. The van der Waals surface area contributed by atoms with E-state index in [0.29, 0.717) is 17.8 Å².